The first kappa shape index (κ1) is 18.8. The molecule has 0 bridgehead atoms. The minimum absolute atomic E-state index is 0. The molecule has 2 rings (SSSR count). The molecule has 0 radical (unpaired) electrons. The van der Waals surface area contributed by atoms with Crippen LogP contribution in [0.25, 0.3) is 5.69 Å². The second-order valence-corrected chi connectivity index (χ2v) is 5.87. The molecule has 1 aromatic heterocycles. The molecule has 120 valence electrons. The SMILES string of the molecule is CSCCC(N)C(=O)Nc1ccn(-c2ccccc2Cl)n1.Cl. The Morgan fingerprint density at radius 3 is 2.86 bits per heavy atom. The van der Waals surface area contributed by atoms with Crippen LogP contribution in [-0.2, 0) is 4.79 Å². The largest absolute Gasteiger partial charge is 0.320 e. The number of carbonyl (C=O) groups excluding carboxylic acids is 1. The molecule has 0 fully saturated rings. The fraction of sp³-hybridized carbons (Fsp3) is 0.286. The number of rotatable bonds is 6. The topological polar surface area (TPSA) is 72.9 Å². The van der Waals surface area contributed by atoms with E-state index in [2.05, 4.69) is 10.4 Å². The summed E-state index contributed by atoms with van der Waals surface area (Å²) >= 11 is 7.77. The number of benzene rings is 1. The van der Waals surface area contributed by atoms with Gasteiger partial charge in [-0.05, 0) is 30.6 Å². The van der Waals surface area contributed by atoms with Crippen molar-refractivity contribution >= 4 is 47.5 Å². The number of halogens is 2. The molecule has 1 aromatic carbocycles. The molecular weight excluding hydrogens is 343 g/mol. The first-order valence-electron chi connectivity index (χ1n) is 6.48. The van der Waals surface area contributed by atoms with Gasteiger partial charge in [0.05, 0.1) is 16.8 Å². The number of nitrogens with one attached hydrogen (secondary N) is 1. The number of hydrogen-bond donors (Lipinski definition) is 2. The van der Waals surface area contributed by atoms with Gasteiger partial charge in [0.1, 0.15) is 0 Å². The van der Waals surface area contributed by atoms with Gasteiger partial charge in [-0.1, -0.05) is 23.7 Å². The molecule has 0 spiro atoms. The van der Waals surface area contributed by atoms with Gasteiger partial charge in [0.25, 0.3) is 0 Å². The Hall–Kier alpha value is -1.21. The van der Waals surface area contributed by atoms with Crippen LogP contribution in [0.3, 0.4) is 0 Å². The van der Waals surface area contributed by atoms with Crippen LogP contribution in [0.5, 0.6) is 0 Å². The molecule has 0 aliphatic heterocycles. The highest BCUT2D eigenvalue weighted by atomic mass is 35.5. The van der Waals surface area contributed by atoms with Crippen LogP contribution >= 0.6 is 35.8 Å². The Morgan fingerprint density at radius 1 is 1.45 bits per heavy atom. The second-order valence-electron chi connectivity index (χ2n) is 4.47. The Balaban J connectivity index is 0.00000242. The third-order valence-electron chi connectivity index (χ3n) is 2.91. The number of aromatic nitrogens is 2. The predicted molar refractivity (Wildman–Crippen MR) is 95.4 cm³/mol. The van der Waals surface area contributed by atoms with E-state index in [4.69, 9.17) is 17.3 Å². The quantitative estimate of drug-likeness (QED) is 0.830. The van der Waals surface area contributed by atoms with Crippen LogP contribution in [0.1, 0.15) is 6.42 Å². The van der Waals surface area contributed by atoms with Crippen molar-refractivity contribution in [1.82, 2.24) is 9.78 Å². The van der Waals surface area contributed by atoms with Crippen molar-refractivity contribution in [1.29, 1.82) is 0 Å². The van der Waals surface area contributed by atoms with Crippen LogP contribution in [0, 0.1) is 0 Å². The summed E-state index contributed by atoms with van der Waals surface area (Å²) in [6.07, 6.45) is 4.36. The van der Waals surface area contributed by atoms with Crippen molar-refractivity contribution in [3.63, 3.8) is 0 Å². The molecule has 1 heterocycles. The number of thioether (sulfide) groups is 1. The predicted octanol–water partition coefficient (Wildman–Crippen LogP) is 2.97. The van der Waals surface area contributed by atoms with E-state index in [-0.39, 0.29) is 18.3 Å². The average molecular weight is 361 g/mol. The van der Waals surface area contributed by atoms with E-state index in [0.717, 1.165) is 11.4 Å². The lowest BCUT2D eigenvalue weighted by molar-refractivity contribution is -0.117. The lowest BCUT2D eigenvalue weighted by atomic mass is 10.2. The average Bonchev–Trinajstić information content (AvgIpc) is 2.93. The molecule has 1 unspecified atom stereocenters. The molecule has 2 aromatic rings. The Kier molecular flexibility index (Phi) is 7.75. The fourth-order valence-electron chi connectivity index (χ4n) is 1.76. The summed E-state index contributed by atoms with van der Waals surface area (Å²) in [6, 6.07) is 8.55. The number of amides is 1. The lowest BCUT2D eigenvalue weighted by Crippen LogP contribution is -2.36. The first-order valence-corrected chi connectivity index (χ1v) is 8.25. The summed E-state index contributed by atoms with van der Waals surface area (Å²) in [5, 5.41) is 7.59. The third-order valence-corrected chi connectivity index (χ3v) is 3.87. The van der Waals surface area contributed by atoms with E-state index in [1.54, 1.807) is 34.8 Å². The highest BCUT2D eigenvalue weighted by Crippen LogP contribution is 2.20. The number of nitrogens with two attached hydrogens (primary N) is 1. The van der Waals surface area contributed by atoms with E-state index >= 15 is 0 Å². The summed E-state index contributed by atoms with van der Waals surface area (Å²) in [7, 11) is 0. The zero-order valence-corrected chi connectivity index (χ0v) is 14.4. The number of anilines is 1. The molecule has 0 saturated heterocycles. The van der Waals surface area contributed by atoms with Gasteiger partial charge in [-0.2, -0.15) is 16.9 Å². The Morgan fingerprint density at radius 2 is 2.18 bits per heavy atom. The normalized spacial score (nSPS) is 11.6. The van der Waals surface area contributed by atoms with Gasteiger partial charge in [-0.25, -0.2) is 4.68 Å². The molecular formula is C14H18Cl2N4OS. The van der Waals surface area contributed by atoms with E-state index < -0.39 is 6.04 Å². The molecule has 0 saturated carbocycles. The number of carbonyl (C=O) groups is 1. The number of para-hydroxylation sites is 1. The molecule has 5 nitrogen and oxygen atoms in total. The van der Waals surface area contributed by atoms with Crippen molar-refractivity contribution in [3.05, 3.63) is 41.6 Å². The van der Waals surface area contributed by atoms with Crippen LogP contribution < -0.4 is 11.1 Å². The van der Waals surface area contributed by atoms with E-state index in [1.165, 1.54) is 0 Å². The van der Waals surface area contributed by atoms with Crippen molar-refractivity contribution in [3.8, 4) is 5.69 Å². The first-order chi connectivity index (χ1) is 10.1. The molecule has 1 atom stereocenters. The van der Waals surface area contributed by atoms with Crippen LogP contribution in [0.4, 0.5) is 5.82 Å². The molecule has 0 aliphatic carbocycles. The Labute approximate surface area is 145 Å². The second kappa shape index (κ2) is 9.05. The van der Waals surface area contributed by atoms with E-state index in [1.807, 2.05) is 24.5 Å². The highest BCUT2D eigenvalue weighted by Gasteiger charge is 2.14. The fourth-order valence-corrected chi connectivity index (χ4v) is 2.47. The minimum Gasteiger partial charge on any atom is -0.320 e. The van der Waals surface area contributed by atoms with Crippen molar-refractivity contribution < 1.29 is 4.79 Å². The molecule has 3 N–H and O–H groups in total. The molecule has 8 heteroatoms. The minimum atomic E-state index is -0.525. The molecule has 0 aliphatic rings. The maximum absolute atomic E-state index is 11.9. The molecule has 1 amide bonds. The van der Waals surface area contributed by atoms with Gasteiger partial charge in [-0.15, -0.1) is 12.4 Å². The smallest absolute Gasteiger partial charge is 0.242 e. The van der Waals surface area contributed by atoms with E-state index in [9.17, 15) is 4.79 Å². The summed E-state index contributed by atoms with van der Waals surface area (Å²) < 4.78 is 1.62. The monoisotopic (exact) mass is 360 g/mol. The summed E-state index contributed by atoms with van der Waals surface area (Å²) in [5.41, 5.74) is 6.57. The zero-order valence-electron chi connectivity index (χ0n) is 12.0. The van der Waals surface area contributed by atoms with Crippen LogP contribution in [-0.4, -0.2) is 33.7 Å². The number of hydrogen-bond acceptors (Lipinski definition) is 4. The standard InChI is InChI=1S/C14H17ClN4OS.ClH/c1-21-9-7-11(16)14(20)17-13-6-8-19(18-13)12-5-3-2-4-10(12)15;/h2-6,8,11H,7,9,16H2,1H3,(H,17,18,20);1H. The van der Waals surface area contributed by atoms with Gasteiger partial charge < -0.3 is 11.1 Å². The number of nitrogens with zero attached hydrogens (tertiary/aromatic N) is 2. The third kappa shape index (κ3) is 4.91. The summed E-state index contributed by atoms with van der Waals surface area (Å²) in [6.45, 7) is 0. The zero-order chi connectivity index (χ0) is 15.2. The van der Waals surface area contributed by atoms with Crippen LogP contribution in [0.15, 0.2) is 36.5 Å². The van der Waals surface area contributed by atoms with Gasteiger partial charge in [0.15, 0.2) is 5.82 Å². The lowest BCUT2D eigenvalue weighted by Gasteiger charge is -2.09. The van der Waals surface area contributed by atoms with Gasteiger partial charge >= 0.3 is 0 Å². The highest BCUT2D eigenvalue weighted by molar-refractivity contribution is 7.98. The van der Waals surface area contributed by atoms with Gasteiger partial charge in [0, 0.05) is 12.3 Å². The molecule has 22 heavy (non-hydrogen) atoms. The Bertz CT molecular complexity index is 620. The van der Waals surface area contributed by atoms with Crippen molar-refractivity contribution in [2.24, 2.45) is 5.73 Å². The maximum Gasteiger partial charge on any atom is 0.242 e. The summed E-state index contributed by atoms with van der Waals surface area (Å²) in [5.74, 6) is 1.08. The summed E-state index contributed by atoms with van der Waals surface area (Å²) in [4.78, 5) is 11.9. The van der Waals surface area contributed by atoms with E-state index in [0.29, 0.717) is 17.3 Å². The van der Waals surface area contributed by atoms with Crippen molar-refractivity contribution in [2.45, 2.75) is 12.5 Å². The van der Waals surface area contributed by atoms with Crippen molar-refractivity contribution in [2.75, 3.05) is 17.3 Å². The van der Waals surface area contributed by atoms with Gasteiger partial charge in [-0.3, -0.25) is 4.79 Å². The maximum atomic E-state index is 11.9. The van der Waals surface area contributed by atoms with Crippen LogP contribution in [0.2, 0.25) is 5.02 Å². The van der Waals surface area contributed by atoms with Gasteiger partial charge in [0.2, 0.25) is 5.91 Å².